The maximum atomic E-state index is 13.2. The molecule has 1 N–H and O–H groups in total. The van der Waals surface area contributed by atoms with Crippen LogP contribution in [0.2, 0.25) is 0 Å². The van der Waals surface area contributed by atoms with E-state index in [4.69, 9.17) is 0 Å². The molecular weight excluding hydrogens is 267 g/mol. The molecule has 3 nitrogen and oxygen atoms in total. The average Bonchev–Trinajstić information content (AvgIpc) is 2.37. The Morgan fingerprint density at radius 2 is 2.26 bits per heavy atom. The van der Waals surface area contributed by atoms with Gasteiger partial charge in [0, 0.05) is 24.7 Å². The van der Waals surface area contributed by atoms with Crippen molar-refractivity contribution >= 4 is 24.0 Å². The maximum Gasteiger partial charge on any atom is 0.231 e. The predicted octanol–water partition coefficient (Wildman–Crippen LogP) is 2.38. The number of carbonyl (C=O) groups excluding carboxylic acids is 1. The van der Waals surface area contributed by atoms with E-state index in [-0.39, 0.29) is 30.0 Å². The van der Waals surface area contributed by atoms with Gasteiger partial charge in [0.15, 0.2) is 0 Å². The Labute approximate surface area is 119 Å². The van der Waals surface area contributed by atoms with E-state index < -0.39 is 0 Å². The fourth-order valence-corrected chi connectivity index (χ4v) is 2.45. The summed E-state index contributed by atoms with van der Waals surface area (Å²) in [6, 6.07) is 4.68. The van der Waals surface area contributed by atoms with Crippen LogP contribution < -0.4 is 10.2 Å². The minimum absolute atomic E-state index is 0. The lowest BCUT2D eigenvalue weighted by atomic mass is 9.99. The van der Waals surface area contributed by atoms with Gasteiger partial charge >= 0.3 is 0 Å². The van der Waals surface area contributed by atoms with Crippen molar-refractivity contribution in [3.8, 4) is 0 Å². The number of nitrogens with one attached hydrogen (secondary N) is 1. The highest BCUT2D eigenvalue weighted by Gasteiger charge is 2.25. The molecule has 1 aromatic rings. The van der Waals surface area contributed by atoms with E-state index in [9.17, 15) is 9.18 Å². The van der Waals surface area contributed by atoms with E-state index >= 15 is 0 Å². The van der Waals surface area contributed by atoms with Gasteiger partial charge in [-0.15, -0.1) is 12.4 Å². The van der Waals surface area contributed by atoms with Gasteiger partial charge in [0.1, 0.15) is 5.82 Å². The third-order valence-corrected chi connectivity index (χ3v) is 3.36. The number of amides is 1. The number of nitrogens with zero attached hydrogens (tertiary/aromatic N) is 1. The largest absolute Gasteiger partial charge is 0.319 e. The zero-order chi connectivity index (χ0) is 13.1. The first-order valence-electron chi connectivity index (χ1n) is 6.38. The highest BCUT2D eigenvalue weighted by molar-refractivity contribution is 5.96. The molecule has 19 heavy (non-hydrogen) atoms. The second-order valence-corrected chi connectivity index (χ2v) is 4.83. The molecule has 2 rings (SSSR count). The lowest BCUT2D eigenvalue weighted by molar-refractivity contribution is -0.121. The monoisotopic (exact) mass is 286 g/mol. The zero-order valence-electron chi connectivity index (χ0n) is 11.3. The summed E-state index contributed by atoms with van der Waals surface area (Å²) in [6.07, 6.45) is 1.74. The molecule has 1 amide bonds. The molecular formula is C14H20ClFN2O. The van der Waals surface area contributed by atoms with E-state index in [2.05, 4.69) is 5.32 Å². The zero-order valence-corrected chi connectivity index (χ0v) is 12.1. The second kappa shape index (κ2) is 6.87. The van der Waals surface area contributed by atoms with Crippen molar-refractivity contribution in [3.63, 3.8) is 0 Å². The Balaban J connectivity index is 0.00000180. The summed E-state index contributed by atoms with van der Waals surface area (Å²) in [7, 11) is 1.84. The van der Waals surface area contributed by atoms with Crippen LogP contribution in [0.4, 0.5) is 10.1 Å². The van der Waals surface area contributed by atoms with Crippen LogP contribution in [0.25, 0.3) is 0 Å². The van der Waals surface area contributed by atoms with Crippen LogP contribution in [0.1, 0.15) is 18.9 Å². The Hall–Kier alpha value is -1.13. The molecule has 0 fully saturated rings. The molecule has 0 aromatic heterocycles. The van der Waals surface area contributed by atoms with Gasteiger partial charge in [-0.05, 0) is 43.7 Å². The van der Waals surface area contributed by atoms with Crippen LogP contribution >= 0.6 is 12.4 Å². The van der Waals surface area contributed by atoms with Gasteiger partial charge < -0.3 is 10.2 Å². The van der Waals surface area contributed by atoms with E-state index in [1.807, 2.05) is 14.0 Å². The molecule has 5 heteroatoms. The maximum absolute atomic E-state index is 13.2. The number of anilines is 1. The minimum Gasteiger partial charge on any atom is -0.319 e. The first-order chi connectivity index (χ1) is 8.63. The SMILES string of the molecule is CNCC(C)C(=O)N1CCCc2cc(F)ccc21.Cl. The topological polar surface area (TPSA) is 32.3 Å². The van der Waals surface area contributed by atoms with Gasteiger partial charge in [-0.3, -0.25) is 4.79 Å². The van der Waals surface area contributed by atoms with Crippen LogP contribution in [0, 0.1) is 11.7 Å². The molecule has 0 radical (unpaired) electrons. The Morgan fingerprint density at radius 3 is 2.95 bits per heavy atom. The molecule has 0 bridgehead atoms. The third-order valence-electron chi connectivity index (χ3n) is 3.36. The smallest absolute Gasteiger partial charge is 0.231 e. The van der Waals surface area contributed by atoms with Crippen molar-refractivity contribution in [2.45, 2.75) is 19.8 Å². The molecule has 0 saturated heterocycles. The van der Waals surface area contributed by atoms with E-state index in [1.54, 1.807) is 11.0 Å². The number of hydrogen-bond donors (Lipinski definition) is 1. The van der Waals surface area contributed by atoms with Crippen LogP contribution in [-0.2, 0) is 11.2 Å². The molecule has 1 atom stereocenters. The van der Waals surface area contributed by atoms with Crippen molar-refractivity contribution in [3.05, 3.63) is 29.6 Å². The first kappa shape index (κ1) is 15.9. The summed E-state index contributed by atoms with van der Waals surface area (Å²) in [4.78, 5) is 14.1. The molecule has 1 aliphatic heterocycles. The highest BCUT2D eigenvalue weighted by Crippen LogP contribution is 2.28. The number of fused-ring (bicyclic) bond motifs is 1. The van der Waals surface area contributed by atoms with Gasteiger partial charge in [-0.1, -0.05) is 6.92 Å². The van der Waals surface area contributed by atoms with Crippen LogP contribution in [0.15, 0.2) is 18.2 Å². The summed E-state index contributed by atoms with van der Waals surface area (Å²) in [5.74, 6) is -0.186. The van der Waals surface area contributed by atoms with Gasteiger partial charge in [0.25, 0.3) is 0 Å². The molecule has 1 unspecified atom stereocenters. The molecule has 0 aliphatic carbocycles. The van der Waals surface area contributed by atoms with Gasteiger partial charge in [-0.2, -0.15) is 0 Å². The van der Waals surface area contributed by atoms with Crippen molar-refractivity contribution in [1.82, 2.24) is 5.32 Å². The number of hydrogen-bond acceptors (Lipinski definition) is 2. The summed E-state index contributed by atoms with van der Waals surface area (Å²) in [5, 5.41) is 3.01. The van der Waals surface area contributed by atoms with Crippen LogP contribution in [0.3, 0.4) is 0 Å². The van der Waals surface area contributed by atoms with Crippen LogP contribution in [-0.4, -0.2) is 26.0 Å². The fraction of sp³-hybridized carbons (Fsp3) is 0.500. The van der Waals surface area contributed by atoms with Crippen LogP contribution in [0.5, 0.6) is 0 Å². The van der Waals surface area contributed by atoms with E-state index in [0.29, 0.717) is 6.54 Å². The standard InChI is InChI=1S/C14H19FN2O.ClH/c1-10(9-16-2)14(18)17-7-3-4-11-8-12(15)5-6-13(11)17;/h5-6,8,10,16H,3-4,7,9H2,1-2H3;1H. The Kier molecular flexibility index (Phi) is 5.76. The summed E-state index contributed by atoms with van der Waals surface area (Å²) in [5.41, 5.74) is 1.81. The van der Waals surface area contributed by atoms with Crippen molar-refractivity contribution in [2.24, 2.45) is 5.92 Å². The summed E-state index contributed by atoms with van der Waals surface area (Å²) < 4.78 is 13.2. The van der Waals surface area contributed by atoms with Crippen molar-refractivity contribution in [1.29, 1.82) is 0 Å². The molecule has 1 heterocycles. The number of carbonyl (C=O) groups is 1. The van der Waals surface area contributed by atoms with Gasteiger partial charge in [-0.25, -0.2) is 4.39 Å². The molecule has 1 aromatic carbocycles. The quantitative estimate of drug-likeness (QED) is 0.925. The lowest BCUT2D eigenvalue weighted by Gasteiger charge is -2.31. The van der Waals surface area contributed by atoms with Gasteiger partial charge in [0.05, 0.1) is 0 Å². The number of aryl methyl sites for hydroxylation is 1. The highest BCUT2D eigenvalue weighted by atomic mass is 35.5. The second-order valence-electron chi connectivity index (χ2n) is 4.83. The summed E-state index contributed by atoms with van der Waals surface area (Å²) in [6.45, 7) is 3.30. The lowest BCUT2D eigenvalue weighted by Crippen LogP contribution is -2.41. The van der Waals surface area contributed by atoms with Crippen molar-refractivity contribution in [2.75, 3.05) is 25.0 Å². The van der Waals surface area contributed by atoms with Gasteiger partial charge in [0.2, 0.25) is 5.91 Å². The first-order valence-corrected chi connectivity index (χ1v) is 6.38. The summed E-state index contributed by atoms with van der Waals surface area (Å²) >= 11 is 0. The molecule has 1 aliphatic rings. The van der Waals surface area contributed by atoms with E-state index in [0.717, 1.165) is 30.6 Å². The van der Waals surface area contributed by atoms with Crippen molar-refractivity contribution < 1.29 is 9.18 Å². The molecule has 0 saturated carbocycles. The number of rotatable bonds is 3. The number of benzene rings is 1. The predicted molar refractivity (Wildman–Crippen MR) is 77.4 cm³/mol. The Morgan fingerprint density at radius 1 is 1.53 bits per heavy atom. The Bertz CT molecular complexity index is 453. The third kappa shape index (κ3) is 3.45. The molecule has 106 valence electrons. The minimum atomic E-state index is -0.230. The normalized spacial score (nSPS) is 15.4. The fourth-order valence-electron chi connectivity index (χ4n) is 2.45. The number of halogens is 2. The van der Waals surface area contributed by atoms with E-state index in [1.165, 1.54) is 12.1 Å². The molecule has 0 spiro atoms. The average molecular weight is 287 g/mol.